The number of ether oxygens (including phenoxy) is 1. The second-order valence-corrected chi connectivity index (χ2v) is 7.04. The zero-order valence-corrected chi connectivity index (χ0v) is 16.1. The number of carbonyl (C=O) groups is 2. The van der Waals surface area contributed by atoms with E-state index in [-0.39, 0.29) is 5.11 Å². The molecule has 7 nitrogen and oxygen atoms in total. The molecule has 0 radical (unpaired) electrons. The van der Waals surface area contributed by atoms with E-state index in [2.05, 4.69) is 16.1 Å². The van der Waals surface area contributed by atoms with Crippen LogP contribution in [0.4, 0.5) is 4.79 Å². The van der Waals surface area contributed by atoms with Gasteiger partial charge in [0.15, 0.2) is 5.11 Å². The second-order valence-electron chi connectivity index (χ2n) is 5.64. The normalized spacial score (nSPS) is 19.6. The fourth-order valence-electron chi connectivity index (χ4n) is 2.43. The number of thioether (sulfide) groups is 1. The third-order valence-electron chi connectivity index (χ3n) is 3.86. The summed E-state index contributed by atoms with van der Waals surface area (Å²) in [6.45, 7) is 2.32. The van der Waals surface area contributed by atoms with Crippen LogP contribution in [-0.4, -0.2) is 47.7 Å². The number of carbonyl (C=O) groups excluding carboxylic acids is 2. The van der Waals surface area contributed by atoms with Gasteiger partial charge in [0.25, 0.3) is 5.91 Å². The molecule has 1 heterocycles. The zero-order valence-electron chi connectivity index (χ0n) is 14.4. The van der Waals surface area contributed by atoms with Crippen LogP contribution in [-0.2, 0) is 10.3 Å². The molecule has 3 N–H and O–H groups in total. The van der Waals surface area contributed by atoms with E-state index in [1.807, 2.05) is 6.26 Å². The number of urea groups is 1. The SMILES string of the molecule is COc1cccc(C2(C)NC(=O)N(NC(=S)NCCCSC)C2=O)c1. The van der Waals surface area contributed by atoms with E-state index in [1.54, 1.807) is 50.1 Å². The van der Waals surface area contributed by atoms with Crippen molar-refractivity contribution in [2.45, 2.75) is 18.9 Å². The third kappa shape index (κ3) is 4.35. The number of thiocarbonyl (C=S) groups is 1. The molecule has 1 aromatic carbocycles. The second kappa shape index (κ2) is 8.39. The number of nitrogens with one attached hydrogen (secondary N) is 3. The van der Waals surface area contributed by atoms with E-state index in [0.717, 1.165) is 17.2 Å². The molecule has 1 unspecified atom stereocenters. The maximum absolute atomic E-state index is 12.8. The van der Waals surface area contributed by atoms with Gasteiger partial charge in [0.05, 0.1) is 7.11 Å². The minimum absolute atomic E-state index is 0.236. The van der Waals surface area contributed by atoms with Gasteiger partial charge in [0.2, 0.25) is 0 Å². The molecular formula is C16H22N4O3S2. The Labute approximate surface area is 156 Å². The average molecular weight is 383 g/mol. The fraction of sp³-hybridized carbons (Fsp3) is 0.438. The summed E-state index contributed by atoms with van der Waals surface area (Å²) in [5.41, 5.74) is 2.11. The number of hydrogen-bond donors (Lipinski definition) is 3. The number of amides is 3. The lowest BCUT2D eigenvalue weighted by molar-refractivity contribution is -0.132. The summed E-state index contributed by atoms with van der Waals surface area (Å²) < 4.78 is 5.19. The van der Waals surface area contributed by atoms with Gasteiger partial charge in [-0.3, -0.25) is 10.2 Å². The molecule has 0 bridgehead atoms. The Balaban J connectivity index is 2.07. The summed E-state index contributed by atoms with van der Waals surface area (Å²) in [6.07, 6.45) is 2.97. The van der Waals surface area contributed by atoms with Crippen LogP contribution < -0.4 is 20.8 Å². The Morgan fingerprint density at radius 3 is 2.88 bits per heavy atom. The van der Waals surface area contributed by atoms with E-state index < -0.39 is 17.5 Å². The van der Waals surface area contributed by atoms with Crippen molar-refractivity contribution >= 4 is 41.0 Å². The van der Waals surface area contributed by atoms with Crippen molar-refractivity contribution in [3.8, 4) is 5.75 Å². The minimum atomic E-state index is -1.19. The molecule has 0 aliphatic carbocycles. The van der Waals surface area contributed by atoms with Gasteiger partial charge in [-0.2, -0.15) is 16.8 Å². The summed E-state index contributed by atoms with van der Waals surface area (Å²) in [6, 6.07) is 6.48. The van der Waals surface area contributed by atoms with Gasteiger partial charge in [0, 0.05) is 6.54 Å². The first kappa shape index (κ1) is 19.3. The number of hydrogen-bond acceptors (Lipinski definition) is 5. The minimum Gasteiger partial charge on any atom is -0.497 e. The number of imide groups is 1. The van der Waals surface area contributed by atoms with Gasteiger partial charge in [-0.15, -0.1) is 0 Å². The van der Waals surface area contributed by atoms with Gasteiger partial charge < -0.3 is 15.4 Å². The smallest absolute Gasteiger partial charge is 0.344 e. The van der Waals surface area contributed by atoms with Gasteiger partial charge >= 0.3 is 6.03 Å². The molecule has 0 saturated carbocycles. The number of methoxy groups -OCH3 is 1. The Kier molecular flexibility index (Phi) is 6.49. The predicted octanol–water partition coefficient (Wildman–Crippen LogP) is 1.59. The predicted molar refractivity (Wildman–Crippen MR) is 102 cm³/mol. The molecule has 9 heteroatoms. The highest BCUT2D eigenvalue weighted by molar-refractivity contribution is 7.98. The summed E-state index contributed by atoms with van der Waals surface area (Å²) in [5, 5.41) is 6.83. The van der Waals surface area contributed by atoms with Crippen molar-refractivity contribution in [3.63, 3.8) is 0 Å². The molecule has 1 atom stereocenters. The first-order valence-corrected chi connectivity index (χ1v) is 9.57. The van der Waals surface area contributed by atoms with Crippen molar-refractivity contribution in [1.29, 1.82) is 0 Å². The van der Waals surface area contributed by atoms with Crippen LogP contribution in [0.1, 0.15) is 18.9 Å². The topological polar surface area (TPSA) is 82.7 Å². The highest BCUT2D eigenvalue weighted by atomic mass is 32.2. The Bertz CT molecular complexity index is 671. The van der Waals surface area contributed by atoms with Crippen molar-refractivity contribution in [1.82, 2.24) is 21.1 Å². The molecule has 0 spiro atoms. The van der Waals surface area contributed by atoms with Crippen molar-refractivity contribution in [2.75, 3.05) is 25.7 Å². The number of nitrogens with zero attached hydrogens (tertiary/aromatic N) is 1. The van der Waals surface area contributed by atoms with Crippen LogP contribution in [0.5, 0.6) is 5.75 Å². The monoisotopic (exact) mass is 382 g/mol. The summed E-state index contributed by atoms with van der Waals surface area (Å²) >= 11 is 6.90. The van der Waals surface area contributed by atoms with E-state index in [1.165, 1.54) is 0 Å². The van der Waals surface area contributed by atoms with Crippen molar-refractivity contribution in [3.05, 3.63) is 29.8 Å². The standard InChI is InChI=1S/C16H22N4O3S2/c1-16(11-6-4-7-12(10-11)23-2)13(21)20(15(22)18-16)19-14(24)17-8-5-9-25-3/h4,6-7,10H,5,8-9H2,1-3H3,(H,18,22)(H2,17,19,24). The van der Waals surface area contributed by atoms with Crippen LogP contribution in [0.3, 0.4) is 0 Å². The maximum atomic E-state index is 12.8. The number of benzene rings is 1. The van der Waals surface area contributed by atoms with Crippen molar-refractivity contribution in [2.24, 2.45) is 0 Å². The number of rotatable bonds is 7. The van der Waals surface area contributed by atoms with Gasteiger partial charge in [0.1, 0.15) is 11.3 Å². The van der Waals surface area contributed by atoms with Gasteiger partial charge in [-0.25, -0.2) is 4.79 Å². The summed E-state index contributed by atoms with van der Waals surface area (Å²) in [5.74, 6) is 1.18. The molecule has 1 aliphatic heterocycles. The first-order valence-electron chi connectivity index (χ1n) is 7.77. The Hall–Kier alpha value is -2.00. The lowest BCUT2D eigenvalue weighted by Crippen LogP contribution is -2.51. The molecule has 1 aromatic rings. The van der Waals surface area contributed by atoms with Crippen LogP contribution in [0.15, 0.2) is 24.3 Å². The molecule has 1 fully saturated rings. The van der Waals surface area contributed by atoms with E-state index in [9.17, 15) is 9.59 Å². The largest absolute Gasteiger partial charge is 0.497 e. The van der Waals surface area contributed by atoms with Gasteiger partial charge in [-0.1, -0.05) is 12.1 Å². The van der Waals surface area contributed by atoms with E-state index in [0.29, 0.717) is 17.9 Å². The quantitative estimate of drug-likeness (QED) is 0.375. The third-order valence-corrected chi connectivity index (χ3v) is 4.79. The van der Waals surface area contributed by atoms with Crippen LogP contribution in [0, 0.1) is 0 Å². The lowest BCUT2D eigenvalue weighted by atomic mass is 9.92. The van der Waals surface area contributed by atoms with Crippen LogP contribution >= 0.6 is 24.0 Å². The first-order chi connectivity index (χ1) is 11.9. The molecule has 2 rings (SSSR count). The maximum Gasteiger partial charge on any atom is 0.344 e. The average Bonchev–Trinajstić information content (AvgIpc) is 2.83. The summed E-state index contributed by atoms with van der Waals surface area (Å²) in [4.78, 5) is 25.0. The van der Waals surface area contributed by atoms with Crippen LogP contribution in [0.25, 0.3) is 0 Å². The molecule has 136 valence electrons. The Morgan fingerprint density at radius 1 is 1.44 bits per heavy atom. The van der Waals surface area contributed by atoms with Gasteiger partial charge in [-0.05, 0) is 55.3 Å². The highest BCUT2D eigenvalue weighted by Crippen LogP contribution is 2.30. The van der Waals surface area contributed by atoms with Crippen LogP contribution in [0.2, 0.25) is 0 Å². The summed E-state index contributed by atoms with van der Waals surface area (Å²) in [7, 11) is 1.55. The lowest BCUT2D eigenvalue weighted by Gasteiger charge is -2.23. The molecule has 25 heavy (non-hydrogen) atoms. The fourth-order valence-corrected chi connectivity index (χ4v) is 3.06. The Morgan fingerprint density at radius 2 is 2.20 bits per heavy atom. The molecular weight excluding hydrogens is 360 g/mol. The molecule has 3 amide bonds. The molecule has 1 saturated heterocycles. The highest BCUT2D eigenvalue weighted by Gasteiger charge is 2.49. The number of hydrazine groups is 1. The zero-order chi connectivity index (χ0) is 18.4. The van der Waals surface area contributed by atoms with E-state index in [4.69, 9.17) is 17.0 Å². The molecule has 1 aliphatic rings. The van der Waals surface area contributed by atoms with Crippen molar-refractivity contribution < 1.29 is 14.3 Å². The molecule has 0 aromatic heterocycles. The van der Waals surface area contributed by atoms with E-state index >= 15 is 0 Å².